The summed E-state index contributed by atoms with van der Waals surface area (Å²) in [4.78, 5) is 2.57. The van der Waals surface area contributed by atoms with Crippen molar-refractivity contribution in [3.05, 3.63) is 0 Å². The van der Waals surface area contributed by atoms with Gasteiger partial charge in [0.25, 0.3) is 0 Å². The van der Waals surface area contributed by atoms with Crippen LogP contribution in [0, 0.1) is 5.92 Å². The van der Waals surface area contributed by atoms with Gasteiger partial charge in [-0.15, -0.1) is 0 Å². The molecule has 1 aliphatic rings. The highest BCUT2D eigenvalue weighted by molar-refractivity contribution is 4.99. The van der Waals surface area contributed by atoms with E-state index < -0.39 is 0 Å². The van der Waals surface area contributed by atoms with Crippen LogP contribution in [0.5, 0.6) is 0 Å². The van der Waals surface area contributed by atoms with Gasteiger partial charge in [-0.3, -0.25) is 4.90 Å². The van der Waals surface area contributed by atoms with E-state index in [2.05, 4.69) is 39.5 Å². The third-order valence-corrected chi connectivity index (χ3v) is 2.98. The molecule has 1 heterocycles. The molecule has 0 N–H and O–H groups in total. The quantitative estimate of drug-likeness (QED) is 0.557. The van der Waals surface area contributed by atoms with Crippen LogP contribution in [0.25, 0.3) is 0 Å². The van der Waals surface area contributed by atoms with Crippen molar-refractivity contribution in [2.24, 2.45) is 5.92 Å². The normalized spacial score (nSPS) is 38.2. The minimum absolute atomic E-state index is 0. The predicted molar refractivity (Wildman–Crippen MR) is 51.8 cm³/mol. The molecule has 1 aliphatic heterocycles. The van der Waals surface area contributed by atoms with Gasteiger partial charge in [-0.2, -0.15) is 0 Å². The SMILES string of the molecule is C.CC(C)[C@@H](C)N1C(C)C1C. The Morgan fingerprint density at radius 1 is 1.00 bits per heavy atom. The Morgan fingerprint density at radius 2 is 1.36 bits per heavy atom. The number of hydrogen-bond donors (Lipinski definition) is 0. The predicted octanol–water partition coefficient (Wildman–Crippen LogP) is 2.76. The number of rotatable bonds is 2. The molecule has 1 saturated heterocycles. The maximum Gasteiger partial charge on any atom is 0.0227 e. The number of nitrogens with zero attached hydrogens (tertiary/aromatic N) is 1. The van der Waals surface area contributed by atoms with Crippen LogP contribution in [-0.2, 0) is 0 Å². The van der Waals surface area contributed by atoms with Crippen LogP contribution in [0.4, 0.5) is 0 Å². The first-order chi connectivity index (χ1) is 4.55. The van der Waals surface area contributed by atoms with Crippen LogP contribution < -0.4 is 0 Å². The Morgan fingerprint density at radius 3 is 1.45 bits per heavy atom. The van der Waals surface area contributed by atoms with Crippen LogP contribution in [0.2, 0.25) is 0 Å². The molecule has 0 aromatic heterocycles. The zero-order valence-electron chi connectivity index (χ0n) is 7.76. The van der Waals surface area contributed by atoms with Gasteiger partial charge in [0.2, 0.25) is 0 Å². The molecular formula is C10H23N. The summed E-state index contributed by atoms with van der Waals surface area (Å²) >= 11 is 0. The summed E-state index contributed by atoms with van der Waals surface area (Å²) in [6.07, 6.45) is 0. The van der Waals surface area contributed by atoms with Gasteiger partial charge >= 0.3 is 0 Å². The van der Waals surface area contributed by atoms with Crippen LogP contribution in [-0.4, -0.2) is 23.0 Å². The minimum Gasteiger partial charge on any atom is -0.292 e. The smallest absolute Gasteiger partial charge is 0.0227 e. The molecule has 0 amide bonds. The fourth-order valence-corrected chi connectivity index (χ4v) is 1.62. The van der Waals surface area contributed by atoms with Crippen LogP contribution in [0.1, 0.15) is 42.0 Å². The van der Waals surface area contributed by atoms with Gasteiger partial charge in [-0.05, 0) is 26.7 Å². The van der Waals surface area contributed by atoms with Crippen molar-refractivity contribution in [2.75, 3.05) is 0 Å². The van der Waals surface area contributed by atoms with Gasteiger partial charge in [0, 0.05) is 18.1 Å². The highest BCUT2D eigenvalue weighted by atomic mass is 15.4. The first kappa shape index (κ1) is 11.0. The average molecular weight is 157 g/mol. The minimum atomic E-state index is 0. The zero-order valence-corrected chi connectivity index (χ0v) is 7.76. The second kappa shape index (κ2) is 3.57. The molecule has 2 unspecified atom stereocenters. The summed E-state index contributed by atoms with van der Waals surface area (Å²) in [6.45, 7) is 11.5. The second-order valence-corrected chi connectivity index (χ2v) is 3.91. The number of hydrogen-bond acceptors (Lipinski definition) is 1. The van der Waals surface area contributed by atoms with E-state index in [0.29, 0.717) is 0 Å². The van der Waals surface area contributed by atoms with Crippen molar-refractivity contribution in [1.29, 1.82) is 0 Å². The summed E-state index contributed by atoms with van der Waals surface area (Å²) in [6, 6.07) is 2.43. The Bertz CT molecular complexity index is 105. The molecule has 11 heavy (non-hydrogen) atoms. The van der Waals surface area contributed by atoms with Gasteiger partial charge in [0.15, 0.2) is 0 Å². The molecular weight excluding hydrogens is 134 g/mol. The third kappa shape index (κ3) is 1.96. The van der Waals surface area contributed by atoms with Crippen molar-refractivity contribution >= 4 is 0 Å². The molecule has 68 valence electrons. The highest BCUT2D eigenvalue weighted by Crippen LogP contribution is 2.32. The third-order valence-electron chi connectivity index (χ3n) is 2.98. The first-order valence-electron chi connectivity index (χ1n) is 4.33. The van der Waals surface area contributed by atoms with Gasteiger partial charge < -0.3 is 0 Å². The van der Waals surface area contributed by atoms with Crippen molar-refractivity contribution in [3.8, 4) is 0 Å². The Kier molecular flexibility index (Phi) is 3.56. The van der Waals surface area contributed by atoms with E-state index in [9.17, 15) is 0 Å². The summed E-state index contributed by atoms with van der Waals surface area (Å²) in [5.41, 5.74) is 0. The fraction of sp³-hybridized carbons (Fsp3) is 1.00. The second-order valence-electron chi connectivity index (χ2n) is 3.91. The highest BCUT2D eigenvalue weighted by Gasteiger charge is 2.43. The van der Waals surface area contributed by atoms with E-state index in [-0.39, 0.29) is 7.43 Å². The lowest BCUT2D eigenvalue weighted by Gasteiger charge is -2.17. The lowest BCUT2D eigenvalue weighted by molar-refractivity contribution is 0.303. The summed E-state index contributed by atoms with van der Waals surface area (Å²) in [5.74, 6) is 0.799. The maximum absolute atomic E-state index is 2.57. The molecule has 1 nitrogen and oxygen atoms in total. The molecule has 3 atom stereocenters. The van der Waals surface area contributed by atoms with Crippen molar-refractivity contribution < 1.29 is 0 Å². The molecule has 0 saturated carbocycles. The monoisotopic (exact) mass is 157 g/mol. The molecule has 1 rings (SSSR count). The van der Waals surface area contributed by atoms with E-state index in [1.165, 1.54) is 0 Å². The Hall–Kier alpha value is -0.0400. The van der Waals surface area contributed by atoms with Gasteiger partial charge in [0.05, 0.1) is 0 Å². The lowest BCUT2D eigenvalue weighted by Crippen LogP contribution is -2.23. The summed E-state index contributed by atoms with van der Waals surface area (Å²) in [5, 5.41) is 0. The zero-order chi connectivity index (χ0) is 7.89. The fourth-order valence-electron chi connectivity index (χ4n) is 1.62. The largest absolute Gasteiger partial charge is 0.292 e. The van der Waals surface area contributed by atoms with E-state index >= 15 is 0 Å². The standard InChI is InChI=1S/C9H19N.CH4/c1-6(2)7(3)10-8(4)9(10)5;/h6-9H,1-5H3;1H4/t7-,8?,9?,10?;/m1./s1. The molecule has 1 fully saturated rings. The van der Waals surface area contributed by atoms with Crippen LogP contribution in [0.3, 0.4) is 0 Å². The van der Waals surface area contributed by atoms with Crippen LogP contribution >= 0.6 is 0 Å². The molecule has 0 aromatic carbocycles. The van der Waals surface area contributed by atoms with Gasteiger partial charge in [-0.25, -0.2) is 0 Å². The topological polar surface area (TPSA) is 3.01 Å². The van der Waals surface area contributed by atoms with Crippen molar-refractivity contribution in [2.45, 2.75) is 60.2 Å². The Balaban J connectivity index is 0.000001000. The lowest BCUT2D eigenvalue weighted by atomic mass is 10.1. The molecule has 0 spiro atoms. The summed E-state index contributed by atoms with van der Waals surface area (Å²) in [7, 11) is 0. The van der Waals surface area contributed by atoms with E-state index in [1.807, 2.05) is 0 Å². The molecule has 1 heteroatoms. The summed E-state index contributed by atoms with van der Waals surface area (Å²) < 4.78 is 0. The molecule has 0 bridgehead atoms. The van der Waals surface area contributed by atoms with Crippen molar-refractivity contribution in [3.63, 3.8) is 0 Å². The molecule has 0 aromatic rings. The van der Waals surface area contributed by atoms with Crippen molar-refractivity contribution in [1.82, 2.24) is 4.90 Å². The molecule has 0 radical (unpaired) electrons. The van der Waals surface area contributed by atoms with E-state index in [4.69, 9.17) is 0 Å². The maximum atomic E-state index is 2.57. The molecule has 0 aliphatic carbocycles. The first-order valence-corrected chi connectivity index (χ1v) is 4.33. The van der Waals surface area contributed by atoms with Crippen LogP contribution in [0.15, 0.2) is 0 Å². The van der Waals surface area contributed by atoms with E-state index in [1.54, 1.807) is 0 Å². The van der Waals surface area contributed by atoms with Gasteiger partial charge in [-0.1, -0.05) is 21.3 Å². The average Bonchev–Trinajstić information content (AvgIpc) is 2.40. The van der Waals surface area contributed by atoms with Gasteiger partial charge in [0.1, 0.15) is 0 Å². The van der Waals surface area contributed by atoms with E-state index in [0.717, 1.165) is 24.0 Å². The Labute approximate surface area is 71.8 Å².